The molecule has 10 heteroatoms. The van der Waals surface area contributed by atoms with Crippen LogP contribution in [0.2, 0.25) is 0 Å². The number of piperidine rings is 1. The van der Waals surface area contributed by atoms with E-state index in [1.165, 1.54) is 35.9 Å². The Balaban J connectivity index is 1.27. The molecule has 1 N–H and O–H groups in total. The number of imidazole rings is 1. The Kier molecular flexibility index (Phi) is 9.30. The largest absolute Gasteiger partial charge is 0.418 e. The number of halogens is 3. The van der Waals surface area contributed by atoms with Gasteiger partial charge in [0.25, 0.3) is 0 Å². The molecule has 4 aliphatic rings. The van der Waals surface area contributed by atoms with Crippen LogP contribution in [0.4, 0.5) is 13.2 Å². The molecule has 6 rings (SSSR count). The number of fused-ring (bicyclic) bond motifs is 1. The van der Waals surface area contributed by atoms with Crippen LogP contribution in [0, 0.1) is 29.6 Å². The lowest BCUT2D eigenvalue weighted by Gasteiger charge is -2.46. The van der Waals surface area contributed by atoms with Gasteiger partial charge in [-0.25, -0.2) is 9.80 Å². The summed E-state index contributed by atoms with van der Waals surface area (Å²) in [5, 5.41) is 2.30. The summed E-state index contributed by atoms with van der Waals surface area (Å²) in [5.74, 6) is 2.67. The lowest BCUT2D eigenvalue weighted by Crippen LogP contribution is -2.48. The number of hydrazine groups is 1. The molecule has 2 saturated carbocycles. The number of nitrogens with zero attached hydrogens (tertiary/aromatic N) is 4. The number of alkyl halides is 3. The van der Waals surface area contributed by atoms with Gasteiger partial charge in [0.1, 0.15) is 0 Å². The molecule has 2 aromatic rings. The molecule has 2 aromatic heterocycles. The van der Waals surface area contributed by atoms with E-state index >= 15 is 0 Å². The molecule has 240 valence electrons. The molecular formula is C33H50F3N5O2. The lowest BCUT2D eigenvalue weighted by molar-refractivity contribution is -0.136. The van der Waals surface area contributed by atoms with Crippen molar-refractivity contribution >= 4 is 5.52 Å². The molecule has 4 heterocycles. The first-order chi connectivity index (χ1) is 20.6. The summed E-state index contributed by atoms with van der Waals surface area (Å²) in [6, 6.07) is 1.58. The second-order valence-corrected chi connectivity index (χ2v) is 14.2. The normalized spacial score (nSPS) is 30.6. The number of hydrogen-bond acceptors (Lipinski definition) is 5. The lowest BCUT2D eigenvalue weighted by atomic mass is 9.62. The summed E-state index contributed by atoms with van der Waals surface area (Å²) in [4.78, 5) is 16.1. The molecule has 2 saturated heterocycles. The van der Waals surface area contributed by atoms with E-state index in [4.69, 9.17) is 4.74 Å². The van der Waals surface area contributed by atoms with Gasteiger partial charge in [-0.15, -0.1) is 0 Å². The van der Waals surface area contributed by atoms with E-state index < -0.39 is 11.7 Å². The Morgan fingerprint density at radius 3 is 2.49 bits per heavy atom. The average molecular weight is 606 g/mol. The van der Waals surface area contributed by atoms with Gasteiger partial charge in [-0.05, 0) is 79.9 Å². The third-order valence-electron chi connectivity index (χ3n) is 11.1. The minimum Gasteiger partial charge on any atom is -0.383 e. The van der Waals surface area contributed by atoms with Crippen molar-refractivity contribution in [3.05, 3.63) is 40.1 Å². The highest BCUT2D eigenvalue weighted by atomic mass is 19.4. The zero-order chi connectivity index (χ0) is 30.3. The molecule has 0 aromatic carbocycles. The van der Waals surface area contributed by atoms with E-state index in [1.807, 2.05) is 0 Å². The summed E-state index contributed by atoms with van der Waals surface area (Å²) in [7, 11) is 1.73. The fraction of sp³-hybridized carbons (Fsp3) is 0.788. The maximum atomic E-state index is 14.4. The summed E-state index contributed by atoms with van der Waals surface area (Å²) >= 11 is 0. The molecule has 4 fully saturated rings. The van der Waals surface area contributed by atoms with E-state index in [0.717, 1.165) is 64.7 Å². The van der Waals surface area contributed by atoms with Crippen LogP contribution in [0.25, 0.3) is 5.52 Å². The van der Waals surface area contributed by atoms with E-state index in [9.17, 15) is 18.0 Å². The zero-order valence-corrected chi connectivity index (χ0v) is 26.1. The van der Waals surface area contributed by atoms with Crippen LogP contribution in [0.1, 0.15) is 88.8 Å². The van der Waals surface area contributed by atoms with Crippen LogP contribution in [-0.4, -0.2) is 64.8 Å². The first kappa shape index (κ1) is 31.1. The molecule has 2 aliphatic carbocycles. The minimum absolute atomic E-state index is 0.0224. The van der Waals surface area contributed by atoms with E-state index in [0.29, 0.717) is 54.3 Å². The molecule has 7 nitrogen and oxygen atoms in total. The first-order valence-corrected chi connectivity index (χ1v) is 16.7. The first-order valence-electron chi connectivity index (χ1n) is 16.7. The van der Waals surface area contributed by atoms with E-state index in [2.05, 4.69) is 29.2 Å². The van der Waals surface area contributed by atoms with Crippen LogP contribution >= 0.6 is 0 Å². The maximum absolute atomic E-state index is 14.4. The fourth-order valence-corrected chi connectivity index (χ4v) is 8.80. The summed E-state index contributed by atoms with van der Waals surface area (Å²) in [6.45, 7) is 9.26. The third-order valence-corrected chi connectivity index (χ3v) is 11.1. The summed E-state index contributed by atoms with van der Waals surface area (Å²) < 4.78 is 51.4. The Morgan fingerprint density at radius 1 is 1.02 bits per heavy atom. The summed E-state index contributed by atoms with van der Waals surface area (Å²) in [5.41, 5.74) is 3.32. The summed E-state index contributed by atoms with van der Waals surface area (Å²) in [6.07, 6.45) is 8.41. The van der Waals surface area contributed by atoms with Crippen molar-refractivity contribution in [2.24, 2.45) is 29.6 Å². The van der Waals surface area contributed by atoms with Crippen molar-refractivity contribution < 1.29 is 17.9 Å². The van der Waals surface area contributed by atoms with Gasteiger partial charge >= 0.3 is 11.9 Å². The number of ether oxygens (including phenoxy) is 1. The van der Waals surface area contributed by atoms with Gasteiger partial charge in [0, 0.05) is 57.8 Å². The predicted molar refractivity (Wildman–Crippen MR) is 162 cm³/mol. The fourth-order valence-electron chi connectivity index (χ4n) is 8.80. The number of likely N-dealkylation sites (tertiary alicyclic amines) is 1. The van der Waals surface area contributed by atoms with Gasteiger partial charge in [-0.2, -0.15) is 13.2 Å². The number of rotatable bonds is 9. The number of hydrogen-bond donors (Lipinski definition) is 1. The van der Waals surface area contributed by atoms with Crippen molar-refractivity contribution in [2.75, 3.05) is 39.9 Å². The molecule has 2 aliphatic heterocycles. The van der Waals surface area contributed by atoms with Gasteiger partial charge in [0.2, 0.25) is 0 Å². The van der Waals surface area contributed by atoms with Crippen molar-refractivity contribution in [2.45, 2.75) is 96.4 Å². The van der Waals surface area contributed by atoms with Crippen LogP contribution in [0.3, 0.4) is 0 Å². The van der Waals surface area contributed by atoms with Crippen LogP contribution in [-0.2, 0) is 17.5 Å². The average Bonchev–Trinajstić information content (AvgIpc) is 3.47. The Bertz CT molecular complexity index is 1300. The molecule has 0 radical (unpaired) electrons. The van der Waals surface area contributed by atoms with Gasteiger partial charge in [0.15, 0.2) is 0 Å². The van der Waals surface area contributed by atoms with Crippen molar-refractivity contribution in [1.29, 1.82) is 0 Å². The van der Waals surface area contributed by atoms with Crippen molar-refractivity contribution in [3.8, 4) is 0 Å². The topological polar surface area (TPSA) is 54.2 Å². The smallest absolute Gasteiger partial charge is 0.383 e. The molecule has 0 bridgehead atoms. The van der Waals surface area contributed by atoms with Crippen molar-refractivity contribution in [3.63, 3.8) is 0 Å². The second kappa shape index (κ2) is 12.9. The SMILES string of the molecule is COCCN1CC(C)C([C@@H](C2CCC2)C2CCCC(n3cc4c(C(F)(F)F)cc(CN5CCC[C@H](C)C5)cn4c3=O)C2)N1. The molecule has 0 spiro atoms. The van der Waals surface area contributed by atoms with Crippen molar-refractivity contribution in [1.82, 2.24) is 24.3 Å². The predicted octanol–water partition coefficient (Wildman–Crippen LogP) is 5.97. The van der Waals surface area contributed by atoms with Gasteiger partial charge in [-0.3, -0.25) is 19.3 Å². The van der Waals surface area contributed by atoms with Crippen LogP contribution in [0.5, 0.6) is 0 Å². The highest BCUT2D eigenvalue weighted by Crippen LogP contribution is 2.48. The number of methoxy groups -OCH3 is 1. The standard InChI is InChI=1S/C33H50F3N5O2/c1-22-7-6-12-38(17-22)19-24-15-28(33(34,35)36)29-21-40(32(42)41(29)20-24)27-11-5-10-26(16-27)30(25-8-4-9-25)31-23(2)18-39(37-31)13-14-43-3/h15,20-23,25-27,30-31,37H,4-14,16-19H2,1-3H3/t22-,23?,26?,27?,30-,31?/m0/s1. The van der Waals surface area contributed by atoms with E-state index in [1.54, 1.807) is 17.9 Å². The maximum Gasteiger partial charge on any atom is 0.418 e. The Labute approximate surface area is 253 Å². The highest BCUT2D eigenvalue weighted by molar-refractivity contribution is 5.56. The number of aromatic nitrogens is 2. The second-order valence-electron chi connectivity index (χ2n) is 14.2. The quantitative estimate of drug-likeness (QED) is 0.382. The Hall–Kier alpha value is -1.88. The zero-order valence-electron chi connectivity index (χ0n) is 26.1. The molecular weight excluding hydrogens is 555 g/mol. The monoisotopic (exact) mass is 605 g/mol. The number of nitrogens with one attached hydrogen (secondary N) is 1. The molecule has 4 unspecified atom stereocenters. The molecule has 43 heavy (non-hydrogen) atoms. The third kappa shape index (κ3) is 6.58. The van der Waals surface area contributed by atoms with Gasteiger partial charge in [0.05, 0.1) is 17.7 Å². The minimum atomic E-state index is -4.53. The van der Waals surface area contributed by atoms with E-state index in [-0.39, 0.29) is 17.2 Å². The number of pyridine rings is 1. The van der Waals surface area contributed by atoms with Gasteiger partial charge in [-0.1, -0.05) is 39.5 Å². The Morgan fingerprint density at radius 2 is 1.79 bits per heavy atom. The highest BCUT2D eigenvalue weighted by Gasteiger charge is 2.45. The molecule has 0 amide bonds. The van der Waals surface area contributed by atoms with Crippen LogP contribution < -0.4 is 11.1 Å². The van der Waals surface area contributed by atoms with Gasteiger partial charge < -0.3 is 4.74 Å². The van der Waals surface area contributed by atoms with Crippen LogP contribution in [0.15, 0.2) is 23.3 Å². The molecule has 6 atom stereocenters.